The van der Waals surface area contributed by atoms with Gasteiger partial charge < -0.3 is 4.74 Å². The Bertz CT molecular complexity index is 839. The van der Waals surface area contributed by atoms with Gasteiger partial charge >= 0.3 is 0 Å². The fourth-order valence-corrected chi connectivity index (χ4v) is 3.15. The van der Waals surface area contributed by atoms with E-state index < -0.39 is 0 Å². The average molecular weight is 375 g/mol. The van der Waals surface area contributed by atoms with Crippen LogP contribution in [0.3, 0.4) is 0 Å². The molecular formula is C17H15ClN4O2S. The maximum Gasteiger partial charge on any atom is 0.260 e. The molecule has 0 radical (unpaired) electrons. The van der Waals surface area contributed by atoms with Gasteiger partial charge in [0.25, 0.3) is 5.91 Å². The normalized spacial score (nSPS) is 10.6. The topological polar surface area (TPSA) is 68.2 Å². The fourth-order valence-electron chi connectivity index (χ4n) is 2.15. The first-order chi connectivity index (χ1) is 12.2. The van der Waals surface area contributed by atoms with Gasteiger partial charge in [-0.3, -0.25) is 14.7 Å². The van der Waals surface area contributed by atoms with Crippen LogP contribution in [0.25, 0.3) is 10.6 Å². The summed E-state index contributed by atoms with van der Waals surface area (Å²) in [6, 6.07) is 10.5. The minimum atomic E-state index is -0.175. The summed E-state index contributed by atoms with van der Waals surface area (Å²) < 4.78 is 5.12. The van der Waals surface area contributed by atoms with Crippen molar-refractivity contribution in [2.45, 2.75) is 0 Å². The third-order valence-corrected chi connectivity index (χ3v) is 4.68. The fraction of sp³-hybridized carbons (Fsp3) is 0.176. The van der Waals surface area contributed by atoms with Crippen molar-refractivity contribution in [1.29, 1.82) is 0 Å². The van der Waals surface area contributed by atoms with Crippen LogP contribution >= 0.6 is 22.9 Å². The summed E-state index contributed by atoms with van der Waals surface area (Å²) in [5.74, 6) is -0.175. The van der Waals surface area contributed by atoms with Crippen LogP contribution in [0.4, 0.5) is 5.13 Å². The van der Waals surface area contributed by atoms with E-state index in [0.717, 1.165) is 10.6 Å². The summed E-state index contributed by atoms with van der Waals surface area (Å²) in [6.45, 7) is 0.770. The van der Waals surface area contributed by atoms with Crippen molar-refractivity contribution in [2.24, 2.45) is 0 Å². The van der Waals surface area contributed by atoms with E-state index >= 15 is 0 Å². The molecule has 0 bridgehead atoms. The van der Waals surface area contributed by atoms with Crippen molar-refractivity contribution < 1.29 is 9.53 Å². The van der Waals surface area contributed by atoms with Crippen LogP contribution < -0.4 is 4.90 Å². The second-order valence-corrected chi connectivity index (χ2v) is 6.47. The number of hydrogen-bond acceptors (Lipinski definition) is 6. The van der Waals surface area contributed by atoms with E-state index in [9.17, 15) is 4.79 Å². The Balaban J connectivity index is 1.89. The van der Waals surface area contributed by atoms with Crippen LogP contribution in [-0.2, 0) is 4.74 Å². The number of anilines is 1. The Morgan fingerprint density at radius 3 is 2.56 bits per heavy atom. The number of hydrogen-bond donors (Lipinski definition) is 0. The van der Waals surface area contributed by atoms with Crippen LogP contribution in [0.2, 0.25) is 5.02 Å². The molecule has 0 aliphatic rings. The maximum atomic E-state index is 12.9. The molecule has 0 fully saturated rings. The maximum absolute atomic E-state index is 12.9. The summed E-state index contributed by atoms with van der Waals surface area (Å²) in [5, 5.41) is 10.2. The Labute approximate surface area is 154 Å². The monoisotopic (exact) mass is 374 g/mol. The van der Waals surface area contributed by atoms with E-state index in [-0.39, 0.29) is 5.91 Å². The Hall–Kier alpha value is -2.35. The van der Waals surface area contributed by atoms with Gasteiger partial charge in [0.1, 0.15) is 5.01 Å². The molecule has 1 aromatic carbocycles. The van der Waals surface area contributed by atoms with Crippen LogP contribution in [0.15, 0.2) is 48.8 Å². The average Bonchev–Trinajstić information content (AvgIpc) is 3.13. The number of amides is 1. The number of methoxy groups -OCH3 is 1. The number of ether oxygens (including phenoxy) is 1. The molecule has 1 amide bonds. The minimum absolute atomic E-state index is 0.175. The van der Waals surface area contributed by atoms with Crippen LogP contribution in [0, 0.1) is 0 Å². The number of aromatic nitrogens is 3. The lowest BCUT2D eigenvalue weighted by Crippen LogP contribution is -2.33. The molecule has 25 heavy (non-hydrogen) atoms. The smallest absolute Gasteiger partial charge is 0.260 e. The molecule has 0 N–H and O–H groups in total. The third-order valence-electron chi connectivity index (χ3n) is 3.43. The molecule has 3 rings (SSSR count). The van der Waals surface area contributed by atoms with E-state index in [4.69, 9.17) is 16.3 Å². The zero-order valence-electron chi connectivity index (χ0n) is 13.4. The molecule has 0 saturated heterocycles. The summed E-state index contributed by atoms with van der Waals surface area (Å²) in [4.78, 5) is 18.4. The number of carbonyl (C=O) groups excluding carboxylic acids is 1. The SMILES string of the molecule is COCCN(C(=O)c1ccc(Cl)cc1)c1nnc(-c2ccncc2)s1. The van der Waals surface area contributed by atoms with Crippen molar-refractivity contribution in [3.8, 4) is 10.6 Å². The number of rotatable bonds is 6. The molecule has 0 aliphatic carbocycles. The number of benzene rings is 1. The highest BCUT2D eigenvalue weighted by Gasteiger charge is 2.21. The van der Waals surface area contributed by atoms with Gasteiger partial charge in [-0.1, -0.05) is 22.9 Å². The van der Waals surface area contributed by atoms with Gasteiger partial charge in [0.15, 0.2) is 0 Å². The van der Waals surface area contributed by atoms with Crippen molar-refractivity contribution in [2.75, 3.05) is 25.2 Å². The van der Waals surface area contributed by atoms with Gasteiger partial charge in [-0.15, -0.1) is 10.2 Å². The molecule has 6 nitrogen and oxygen atoms in total. The van der Waals surface area contributed by atoms with Crippen LogP contribution in [-0.4, -0.2) is 41.3 Å². The standard InChI is InChI=1S/C17H15ClN4O2S/c1-24-11-10-22(16(23)13-2-4-14(18)5-3-13)17-21-20-15(25-17)12-6-8-19-9-7-12/h2-9H,10-11H2,1H3. The largest absolute Gasteiger partial charge is 0.383 e. The first-order valence-electron chi connectivity index (χ1n) is 7.49. The molecule has 2 heterocycles. The molecular weight excluding hydrogens is 360 g/mol. The molecule has 0 unspecified atom stereocenters. The number of carbonyl (C=O) groups is 1. The zero-order valence-corrected chi connectivity index (χ0v) is 15.0. The Kier molecular flexibility index (Phi) is 5.70. The minimum Gasteiger partial charge on any atom is -0.383 e. The van der Waals surface area contributed by atoms with E-state index in [1.807, 2.05) is 12.1 Å². The Morgan fingerprint density at radius 1 is 1.16 bits per heavy atom. The highest BCUT2D eigenvalue weighted by molar-refractivity contribution is 7.18. The van der Waals surface area contributed by atoms with Gasteiger partial charge in [-0.05, 0) is 36.4 Å². The summed E-state index contributed by atoms with van der Waals surface area (Å²) in [7, 11) is 1.59. The lowest BCUT2D eigenvalue weighted by molar-refractivity contribution is 0.0975. The predicted molar refractivity (Wildman–Crippen MR) is 98.1 cm³/mol. The first-order valence-corrected chi connectivity index (χ1v) is 8.69. The summed E-state index contributed by atoms with van der Waals surface area (Å²) in [5.41, 5.74) is 1.44. The van der Waals surface area contributed by atoms with Gasteiger partial charge in [-0.2, -0.15) is 0 Å². The number of pyridine rings is 1. The second kappa shape index (κ2) is 8.15. The molecule has 128 valence electrons. The number of halogens is 1. The van der Waals surface area contributed by atoms with E-state index in [1.165, 1.54) is 11.3 Å². The zero-order chi connectivity index (χ0) is 17.6. The molecule has 3 aromatic rings. The van der Waals surface area contributed by atoms with Gasteiger partial charge in [0.05, 0.1) is 13.2 Å². The highest BCUT2D eigenvalue weighted by atomic mass is 35.5. The molecule has 0 atom stereocenters. The van der Waals surface area contributed by atoms with Crippen molar-refractivity contribution >= 4 is 34.0 Å². The molecule has 0 spiro atoms. The van der Waals surface area contributed by atoms with Gasteiger partial charge in [-0.25, -0.2) is 0 Å². The summed E-state index contributed by atoms with van der Waals surface area (Å²) in [6.07, 6.45) is 3.38. The van der Waals surface area contributed by atoms with Gasteiger partial charge in [0.2, 0.25) is 5.13 Å². The highest BCUT2D eigenvalue weighted by Crippen LogP contribution is 2.29. The van der Waals surface area contributed by atoms with Crippen molar-refractivity contribution in [3.63, 3.8) is 0 Å². The molecule has 8 heteroatoms. The van der Waals surface area contributed by atoms with Crippen molar-refractivity contribution in [1.82, 2.24) is 15.2 Å². The van der Waals surface area contributed by atoms with Crippen LogP contribution in [0.1, 0.15) is 10.4 Å². The quantitative estimate of drug-likeness (QED) is 0.660. The molecule has 0 aliphatic heterocycles. The third kappa shape index (κ3) is 4.19. The molecule has 0 saturated carbocycles. The predicted octanol–water partition coefficient (Wildman–Crippen LogP) is 3.55. The van der Waals surface area contributed by atoms with Crippen molar-refractivity contribution in [3.05, 3.63) is 59.4 Å². The van der Waals surface area contributed by atoms with E-state index in [1.54, 1.807) is 48.7 Å². The lowest BCUT2D eigenvalue weighted by atomic mass is 10.2. The van der Waals surface area contributed by atoms with E-state index in [2.05, 4.69) is 15.2 Å². The Morgan fingerprint density at radius 2 is 1.88 bits per heavy atom. The summed E-state index contributed by atoms with van der Waals surface area (Å²) >= 11 is 7.24. The first kappa shape index (κ1) is 17.5. The lowest BCUT2D eigenvalue weighted by Gasteiger charge is -2.19. The number of nitrogens with zero attached hydrogens (tertiary/aromatic N) is 4. The molecule has 2 aromatic heterocycles. The van der Waals surface area contributed by atoms with Crippen LogP contribution in [0.5, 0.6) is 0 Å². The van der Waals surface area contributed by atoms with E-state index in [0.29, 0.717) is 28.9 Å². The van der Waals surface area contributed by atoms with Gasteiger partial charge in [0, 0.05) is 35.7 Å². The second-order valence-electron chi connectivity index (χ2n) is 5.08.